The second kappa shape index (κ2) is 5.18. The predicted octanol–water partition coefficient (Wildman–Crippen LogP) is 1.57. The van der Waals surface area contributed by atoms with E-state index in [0.29, 0.717) is 4.73 Å². The number of nitrogens with zero attached hydrogens (tertiary/aromatic N) is 3. The summed E-state index contributed by atoms with van der Waals surface area (Å²) in [5.74, 6) is -0.0607. The van der Waals surface area contributed by atoms with E-state index < -0.39 is 0 Å². The quantitative estimate of drug-likeness (QED) is 0.901. The first-order valence-electron chi connectivity index (χ1n) is 5.27. The summed E-state index contributed by atoms with van der Waals surface area (Å²) < 4.78 is 1.82. The van der Waals surface area contributed by atoms with Crippen molar-refractivity contribution in [2.75, 3.05) is 11.1 Å². The lowest BCUT2D eigenvalue weighted by Gasteiger charge is -2.05. The number of benzene rings is 1. The number of halogens is 1. The van der Waals surface area contributed by atoms with Crippen LogP contribution in [0.25, 0.3) is 0 Å². The number of aryl methyl sites for hydroxylation is 1. The van der Waals surface area contributed by atoms with Crippen LogP contribution < -0.4 is 11.1 Å². The maximum atomic E-state index is 11.8. The molecule has 0 fully saturated rings. The Kier molecular flexibility index (Phi) is 3.61. The topological polar surface area (TPSA) is 85.8 Å². The minimum absolute atomic E-state index is 0.0542. The number of hydrogen-bond acceptors (Lipinski definition) is 4. The van der Waals surface area contributed by atoms with Crippen LogP contribution >= 0.6 is 15.9 Å². The number of hydrogen-bond donors (Lipinski definition) is 2. The molecular formula is C11H12BrN5O. The number of carbonyl (C=O) groups excluding carboxylic acids is 1. The van der Waals surface area contributed by atoms with E-state index in [-0.39, 0.29) is 18.4 Å². The Morgan fingerprint density at radius 2 is 2.11 bits per heavy atom. The van der Waals surface area contributed by atoms with Crippen molar-refractivity contribution in [2.24, 2.45) is 0 Å². The van der Waals surface area contributed by atoms with Crippen LogP contribution in [0.1, 0.15) is 5.56 Å². The van der Waals surface area contributed by atoms with Crippen LogP contribution in [0.4, 0.5) is 11.6 Å². The number of anilines is 2. The lowest BCUT2D eigenvalue weighted by atomic mass is 10.2. The third-order valence-corrected chi connectivity index (χ3v) is 2.86. The lowest BCUT2D eigenvalue weighted by Crippen LogP contribution is -2.19. The number of nitrogen functional groups attached to an aromatic ring is 1. The van der Waals surface area contributed by atoms with Crippen molar-refractivity contribution in [3.8, 4) is 0 Å². The van der Waals surface area contributed by atoms with Gasteiger partial charge in [-0.25, -0.2) is 4.68 Å². The van der Waals surface area contributed by atoms with E-state index in [2.05, 4.69) is 31.3 Å². The first-order valence-corrected chi connectivity index (χ1v) is 6.06. The van der Waals surface area contributed by atoms with Gasteiger partial charge in [-0.15, -0.1) is 5.10 Å². The molecule has 0 spiro atoms. The van der Waals surface area contributed by atoms with Gasteiger partial charge in [0, 0.05) is 5.69 Å². The zero-order valence-corrected chi connectivity index (χ0v) is 11.3. The molecule has 1 aromatic carbocycles. The van der Waals surface area contributed by atoms with E-state index in [4.69, 9.17) is 5.73 Å². The summed E-state index contributed by atoms with van der Waals surface area (Å²) in [6.07, 6.45) is 0. The van der Waals surface area contributed by atoms with Crippen molar-refractivity contribution in [3.63, 3.8) is 0 Å². The van der Waals surface area contributed by atoms with E-state index in [9.17, 15) is 4.79 Å². The average molecular weight is 310 g/mol. The number of amides is 1. The van der Waals surface area contributed by atoms with Gasteiger partial charge in [0.15, 0.2) is 4.73 Å². The minimum atomic E-state index is -0.190. The van der Waals surface area contributed by atoms with E-state index >= 15 is 0 Å². The van der Waals surface area contributed by atoms with Crippen molar-refractivity contribution in [1.82, 2.24) is 14.8 Å². The summed E-state index contributed by atoms with van der Waals surface area (Å²) in [7, 11) is 0. The SMILES string of the molecule is Cc1ccc(NC(=O)Cn2nc(N)nc2Br)cc1. The third-order valence-electron chi connectivity index (χ3n) is 2.27. The number of carbonyl (C=O) groups is 1. The highest BCUT2D eigenvalue weighted by Gasteiger charge is 2.09. The number of rotatable bonds is 3. The molecule has 1 aromatic heterocycles. The van der Waals surface area contributed by atoms with Gasteiger partial charge in [0.25, 0.3) is 0 Å². The highest BCUT2D eigenvalue weighted by atomic mass is 79.9. The Bertz CT molecular complexity index is 563. The fourth-order valence-corrected chi connectivity index (χ4v) is 1.80. The normalized spacial score (nSPS) is 10.3. The highest BCUT2D eigenvalue weighted by Crippen LogP contribution is 2.10. The van der Waals surface area contributed by atoms with E-state index in [1.807, 2.05) is 31.2 Å². The summed E-state index contributed by atoms with van der Waals surface area (Å²) in [4.78, 5) is 15.6. The van der Waals surface area contributed by atoms with Crippen LogP contribution in [-0.2, 0) is 11.3 Å². The Morgan fingerprint density at radius 1 is 1.44 bits per heavy atom. The van der Waals surface area contributed by atoms with Crippen LogP contribution in [0.15, 0.2) is 29.0 Å². The molecule has 0 saturated carbocycles. The molecule has 2 aromatic rings. The summed E-state index contributed by atoms with van der Waals surface area (Å²) in [5.41, 5.74) is 7.30. The number of aromatic nitrogens is 3. The van der Waals surface area contributed by atoms with Gasteiger partial charge < -0.3 is 11.1 Å². The molecule has 18 heavy (non-hydrogen) atoms. The fourth-order valence-electron chi connectivity index (χ4n) is 1.41. The maximum Gasteiger partial charge on any atom is 0.246 e. The minimum Gasteiger partial charge on any atom is -0.366 e. The van der Waals surface area contributed by atoms with Crippen molar-refractivity contribution in [2.45, 2.75) is 13.5 Å². The molecule has 1 heterocycles. The summed E-state index contributed by atoms with van der Waals surface area (Å²) in [6.45, 7) is 2.04. The van der Waals surface area contributed by atoms with Crippen LogP contribution in [0, 0.1) is 6.92 Å². The van der Waals surface area contributed by atoms with Crippen LogP contribution in [-0.4, -0.2) is 20.7 Å². The molecule has 0 aliphatic carbocycles. The van der Waals surface area contributed by atoms with Gasteiger partial charge in [-0.05, 0) is 35.0 Å². The number of nitrogens with one attached hydrogen (secondary N) is 1. The van der Waals surface area contributed by atoms with Crippen molar-refractivity contribution >= 4 is 33.5 Å². The molecule has 1 amide bonds. The number of nitrogens with two attached hydrogens (primary N) is 1. The smallest absolute Gasteiger partial charge is 0.246 e. The third kappa shape index (κ3) is 3.07. The zero-order chi connectivity index (χ0) is 13.1. The fraction of sp³-hybridized carbons (Fsp3) is 0.182. The second-order valence-corrected chi connectivity index (χ2v) is 4.52. The maximum absolute atomic E-state index is 11.8. The molecule has 6 nitrogen and oxygen atoms in total. The van der Waals surface area contributed by atoms with Crippen LogP contribution in [0.3, 0.4) is 0 Å². The predicted molar refractivity (Wildman–Crippen MR) is 71.9 cm³/mol. The summed E-state index contributed by atoms with van der Waals surface area (Å²) in [6, 6.07) is 7.55. The first kappa shape index (κ1) is 12.6. The summed E-state index contributed by atoms with van der Waals surface area (Å²) in [5, 5.41) is 6.65. The van der Waals surface area contributed by atoms with Crippen LogP contribution in [0.5, 0.6) is 0 Å². The van der Waals surface area contributed by atoms with Gasteiger partial charge >= 0.3 is 0 Å². The Labute approximate surface area is 112 Å². The van der Waals surface area contributed by atoms with E-state index in [1.54, 1.807) is 0 Å². The highest BCUT2D eigenvalue weighted by molar-refractivity contribution is 9.10. The average Bonchev–Trinajstić information content (AvgIpc) is 2.61. The Morgan fingerprint density at radius 3 is 2.67 bits per heavy atom. The van der Waals surface area contributed by atoms with Crippen molar-refractivity contribution < 1.29 is 4.79 Å². The van der Waals surface area contributed by atoms with Gasteiger partial charge in [-0.3, -0.25) is 4.79 Å². The zero-order valence-electron chi connectivity index (χ0n) is 9.72. The molecule has 0 saturated heterocycles. The lowest BCUT2D eigenvalue weighted by molar-refractivity contribution is -0.116. The van der Waals surface area contributed by atoms with Gasteiger partial charge in [-0.1, -0.05) is 17.7 Å². The van der Waals surface area contributed by atoms with Gasteiger partial charge in [0.2, 0.25) is 11.9 Å². The molecule has 0 aliphatic rings. The van der Waals surface area contributed by atoms with Crippen molar-refractivity contribution in [1.29, 1.82) is 0 Å². The Balaban J connectivity index is 2.01. The Hall–Kier alpha value is -1.89. The monoisotopic (exact) mass is 309 g/mol. The molecule has 94 valence electrons. The van der Waals surface area contributed by atoms with Crippen LogP contribution in [0.2, 0.25) is 0 Å². The molecule has 2 rings (SSSR count). The molecular weight excluding hydrogens is 298 g/mol. The van der Waals surface area contributed by atoms with E-state index in [1.165, 1.54) is 4.68 Å². The van der Waals surface area contributed by atoms with Gasteiger partial charge in [0.1, 0.15) is 6.54 Å². The second-order valence-electron chi connectivity index (χ2n) is 3.81. The molecule has 0 radical (unpaired) electrons. The molecule has 0 bridgehead atoms. The molecule has 3 N–H and O–H groups in total. The largest absolute Gasteiger partial charge is 0.366 e. The van der Waals surface area contributed by atoms with E-state index in [0.717, 1.165) is 11.3 Å². The van der Waals surface area contributed by atoms with Gasteiger partial charge in [-0.2, -0.15) is 4.98 Å². The first-order chi connectivity index (χ1) is 8.54. The molecule has 0 atom stereocenters. The molecule has 0 unspecified atom stereocenters. The molecule has 7 heteroatoms. The van der Waals surface area contributed by atoms with Crippen molar-refractivity contribution in [3.05, 3.63) is 34.6 Å². The van der Waals surface area contributed by atoms with Gasteiger partial charge in [0.05, 0.1) is 0 Å². The standard InChI is InChI=1S/C11H12BrN5O/c1-7-2-4-8(5-3-7)14-9(18)6-17-10(12)15-11(13)16-17/h2-5H,6H2,1H3,(H2,13,16)(H,14,18). The molecule has 0 aliphatic heterocycles. The summed E-state index contributed by atoms with van der Waals surface area (Å²) >= 11 is 3.17.